The molecule has 0 radical (unpaired) electrons. The van der Waals surface area contributed by atoms with Gasteiger partial charge in [-0.25, -0.2) is 4.79 Å². The largest absolute Gasteiger partial charge is 0.462 e. The number of thiocarbonyl (C=S) groups is 1. The van der Waals surface area contributed by atoms with Crippen LogP contribution >= 0.6 is 23.8 Å². The van der Waals surface area contributed by atoms with Crippen molar-refractivity contribution in [1.82, 2.24) is 14.9 Å². The van der Waals surface area contributed by atoms with Gasteiger partial charge in [-0.05, 0) is 61.4 Å². The highest BCUT2D eigenvalue weighted by Crippen LogP contribution is 2.12. The van der Waals surface area contributed by atoms with Crippen molar-refractivity contribution in [3.8, 4) is 0 Å². The van der Waals surface area contributed by atoms with Gasteiger partial charge in [0.1, 0.15) is 4.88 Å². The normalized spacial score (nSPS) is 10.2. The fraction of sp³-hybridized carbons (Fsp3) is 0.312. The topological polar surface area (TPSA) is 93.2 Å². The van der Waals surface area contributed by atoms with Crippen LogP contribution in [0, 0.1) is 6.92 Å². The van der Waals surface area contributed by atoms with Crippen molar-refractivity contribution in [2.75, 3.05) is 11.9 Å². The molecule has 0 aliphatic heterocycles. The molecule has 0 bridgehead atoms. The van der Waals surface area contributed by atoms with Crippen molar-refractivity contribution in [1.29, 1.82) is 0 Å². The van der Waals surface area contributed by atoms with Gasteiger partial charge in [0.05, 0.1) is 17.9 Å². The van der Waals surface area contributed by atoms with Crippen LogP contribution < -0.4 is 10.6 Å². The standard InChI is InChI=1S/C16H18N4O3S2/c1-3-4-9-23-15(22)11-5-7-12(8-6-11)17-16(24)18-14(21)13-10(2)19-20-25-13/h5-8H,3-4,9H2,1-2H3,(H2,17,18,21,24). The number of unbranched alkanes of at least 4 members (excludes halogenated alkanes) is 1. The number of anilines is 1. The van der Waals surface area contributed by atoms with E-state index in [-0.39, 0.29) is 17.0 Å². The predicted molar refractivity (Wildman–Crippen MR) is 100.0 cm³/mol. The number of hydrogen-bond acceptors (Lipinski definition) is 7. The molecule has 2 aromatic rings. The fourth-order valence-corrected chi connectivity index (χ4v) is 2.61. The fourth-order valence-electron chi connectivity index (χ4n) is 1.84. The van der Waals surface area contributed by atoms with E-state index in [2.05, 4.69) is 20.2 Å². The Morgan fingerprint density at radius 2 is 2.00 bits per heavy atom. The van der Waals surface area contributed by atoms with E-state index in [0.29, 0.717) is 28.4 Å². The number of aryl methyl sites for hydroxylation is 1. The number of benzene rings is 1. The Labute approximate surface area is 154 Å². The van der Waals surface area contributed by atoms with Gasteiger partial charge >= 0.3 is 5.97 Å². The summed E-state index contributed by atoms with van der Waals surface area (Å²) in [6.07, 6.45) is 1.81. The van der Waals surface area contributed by atoms with Crippen LogP contribution in [0.2, 0.25) is 0 Å². The van der Waals surface area contributed by atoms with Gasteiger partial charge in [0, 0.05) is 5.69 Å². The van der Waals surface area contributed by atoms with E-state index in [4.69, 9.17) is 17.0 Å². The summed E-state index contributed by atoms with van der Waals surface area (Å²) in [7, 11) is 0. The van der Waals surface area contributed by atoms with E-state index < -0.39 is 0 Å². The second kappa shape index (κ2) is 9.19. The summed E-state index contributed by atoms with van der Waals surface area (Å²) in [5.41, 5.74) is 1.66. The van der Waals surface area contributed by atoms with E-state index in [1.807, 2.05) is 6.92 Å². The molecule has 0 saturated heterocycles. The summed E-state index contributed by atoms with van der Waals surface area (Å²) in [5.74, 6) is -0.717. The van der Waals surface area contributed by atoms with E-state index >= 15 is 0 Å². The monoisotopic (exact) mass is 378 g/mol. The van der Waals surface area contributed by atoms with Crippen molar-refractivity contribution in [3.05, 3.63) is 40.4 Å². The summed E-state index contributed by atoms with van der Waals surface area (Å²) in [6, 6.07) is 6.65. The van der Waals surface area contributed by atoms with Gasteiger partial charge in [0.25, 0.3) is 5.91 Å². The Morgan fingerprint density at radius 3 is 2.60 bits per heavy atom. The molecule has 25 heavy (non-hydrogen) atoms. The van der Waals surface area contributed by atoms with Crippen molar-refractivity contribution in [2.24, 2.45) is 0 Å². The average Bonchev–Trinajstić information content (AvgIpc) is 3.01. The lowest BCUT2D eigenvalue weighted by atomic mass is 10.2. The van der Waals surface area contributed by atoms with Gasteiger partial charge < -0.3 is 10.1 Å². The zero-order chi connectivity index (χ0) is 18.2. The summed E-state index contributed by atoms with van der Waals surface area (Å²) >= 11 is 6.12. The first-order chi connectivity index (χ1) is 12.0. The van der Waals surface area contributed by atoms with E-state index in [1.165, 1.54) is 0 Å². The highest BCUT2D eigenvalue weighted by Gasteiger charge is 2.14. The quantitative estimate of drug-likeness (QED) is 0.453. The number of amides is 1. The molecule has 1 aromatic carbocycles. The van der Waals surface area contributed by atoms with Crippen molar-refractivity contribution in [3.63, 3.8) is 0 Å². The molecule has 0 atom stereocenters. The number of rotatable bonds is 6. The predicted octanol–water partition coefficient (Wildman–Crippen LogP) is 2.93. The number of esters is 1. The second-order valence-corrected chi connectivity index (χ2v) is 6.32. The molecule has 1 amide bonds. The number of carbonyl (C=O) groups excluding carboxylic acids is 2. The molecule has 1 heterocycles. The number of carbonyl (C=O) groups is 2. The zero-order valence-electron chi connectivity index (χ0n) is 13.9. The minimum Gasteiger partial charge on any atom is -0.462 e. The summed E-state index contributed by atoms with van der Waals surface area (Å²) < 4.78 is 8.85. The lowest BCUT2D eigenvalue weighted by Crippen LogP contribution is -2.34. The van der Waals surface area contributed by atoms with E-state index in [0.717, 1.165) is 24.4 Å². The summed E-state index contributed by atoms with van der Waals surface area (Å²) in [4.78, 5) is 24.3. The minimum atomic E-state index is -0.360. The van der Waals surface area contributed by atoms with E-state index in [1.54, 1.807) is 31.2 Å². The Morgan fingerprint density at radius 1 is 1.28 bits per heavy atom. The molecule has 0 aliphatic carbocycles. The Bertz CT molecular complexity index is 759. The molecule has 132 valence electrons. The Hall–Kier alpha value is -2.39. The lowest BCUT2D eigenvalue weighted by molar-refractivity contribution is 0.0499. The summed E-state index contributed by atoms with van der Waals surface area (Å²) in [6.45, 7) is 4.15. The van der Waals surface area contributed by atoms with Crippen molar-refractivity contribution >= 4 is 46.4 Å². The molecule has 0 fully saturated rings. The second-order valence-electron chi connectivity index (χ2n) is 5.16. The number of nitrogens with zero attached hydrogens (tertiary/aromatic N) is 2. The summed E-state index contributed by atoms with van der Waals surface area (Å²) in [5, 5.41) is 9.38. The third kappa shape index (κ3) is 5.57. The van der Waals surface area contributed by atoms with Crippen LogP contribution in [0.25, 0.3) is 0 Å². The van der Waals surface area contributed by atoms with Crippen LogP contribution in [0.5, 0.6) is 0 Å². The maximum absolute atomic E-state index is 12.0. The molecule has 9 heteroatoms. The van der Waals surface area contributed by atoms with Gasteiger partial charge in [0.2, 0.25) is 0 Å². The van der Waals surface area contributed by atoms with Gasteiger partial charge in [0.15, 0.2) is 5.11 Å². The smallest absolute Gasteiger partial charge is 0.338 e. The third-order valence-corrected chi connectivity index (χ3v) is 4.23. The number of nitrogens with one attached hydrogen (secondary N) is 2. The van der Waals surface area contributed by atoms with Gasteiger partial charge in [-0.2, -0.15) is 0 Å². The highest BCUT2D eigenvalue weighted by molar-refractivity contribution is 7.80. The molecule has 0 aliphatic rings. The first kappa shape index (κ1) is 18.9. The molecule has 1 aromatic heterocycles. The van der Waals surface area contributed by atoms with Crippen LogP contribution in [-0.4, -0.2) is 33.2 Å². The average molecular weight is 378 g/mol. The molecule has 2 N–H and O–H groups in total. The first-order valence-electron chi connectivity index (χ1n) is 7.69. The Balaban J connectivity index is 1.88. The minimum absolute atomic E-state index is 0.149. The maximum atomic E-state index is 12.0. The first-order valence-corrected chi connectivity index (χ1v) is 8.88. The van der Waals surface area contributed by atoms with Crippen molar-refractivity contribution < 1.29 is 14.3 Å². The SMILES string of the molecule is CCCCOC(=O)c1ccc(NC(=S)NC(=O)c2snnc2C)cc1. The number of ether oxygens (including phenoxy) is 1. The zero-order valence-corrected chi connectivity index (χ0v) is 15.5. The van der Waals surface area contributed by atoms with Crippen LogP contribution in [0.15, 0.2) is 24.3 Å². The van der Waals surface area contributed by atoms with Gasteiger partial charge in [-0.1, -0.05) is 17.8 Å². The molecule has 0 spiro atoms. The lowest BCUT2D eigenvalue weighted by Gasteiger charge is -2.09. The molecule has 0 saturated carbocycles. The van der Waals surface area contributed by atoms with Gasteiger partial charge in [-0.3, -0.25) is 10.1 Å². The Kier molecular flexibility index (Phi) is 6.96. The van der Waals surface area contributed by atoms with E-state index in [9.17, 15) is 9.59 Å². The van der Waals surface area contributed by atoms with Crippen LogP contribution in [0.1, 0.15) is 45.5 Å². The number of aromatic nitrogens is 2. The van der Waals surface area contributed by atoms with Crippen LogP contribution in [0.4, 0.5) is 5.69 Å². The third-order valence-electron chi connectivity index (χ3n) is 3.19. The molecular weight excluding hydrogens is 360 g/mol. The van der Waals surface area contributed by atoms with Crippen LogP contribution in [-0.2, 0) is 4.74 Å². The van der Waals surface area contributed by atoms with Gasteiger partial charge in [-0.15, -0.1) is 5.10 Å². The maximum Gasteiger partial charge on any atom is 0.338 e. The molecular formula is C16H18N4O3S2. The van der Waals surface area contributed by atoms with Crippen LogP contribution in [0.3, 0.4) is 0 Å². The van der Waals surface area contributed by atoms with Crippen molar-refractivity contribution in [2.45, 2.75) is 26.7 Å². The molecule has 0 unspecified atom stereocenters. The molecule has 2 rings (SSSR count). The molecule has 7 nitrogen and oxygen atoms in total. The highest BCUT2D eigenvalue weighted by atomic mass is 32.1. The number of hydrogen-bond donors (Lipinski definition) is 2.